The summed E-state index contributed by atoms with van der Waals surface area (Å²) < 4.78 is 11.8. The van der Waals surface area contributed by atoms with Gasteiger partial charge in [-0.3, -0.25) is 0 Å². The van der Waals surface area contributed by atoms with Crippen molar-refractivity contribution < 1.29 is 8.85 Å². The molecule has 0 saturated carbocycles. The minimum atomic E-state index is -2.00. The Balaban J connectivity index is 4.98. The van der Waals surface area contributed by atoms with Crippen molar-refractivity contribution in [1.29, 1.82) is 0 Å². The van der Waals surface area contributed by atoms with E-state index in [1.165, 1.54) is 25.7 Å². The van der Waals surface area contributed by atoms with Crippen molar-refractivity contribution in [1.82, 2.24) is 0 Å². The normalized spacial score (nSPS) is 12.8. The lowest BCUT2D eigenvalue weighted by Crippen LogP contribution is -2.49. The summed E-state index contributed by atoms with van der Waals surface area (Å²) in [4.78, 5) is 0. The van der Waals surface area contributed by atoms with Gasteiger partial charge in [0, 0.05) is 25.3 Å². The third-order valence-electron chi connectivity index (χ3n) is 3.75. The molecule has 3 heteroatoms. The highest BCUT2D eigenvalue weighted by atomic mass is 28.4. The van der Waals surface area contributed by atoms with Gasteiger partial charge in [-0.05, 0) is 0 Å². The monoisotopic (exact) mass is 232 g/mol. The van der Waals surface area contributed by atoms with Crippen LogP contribution in [0.4, 0.5) is 0 Å². The fraction of sp³-hybridized carbons (Fsp3) is 1.00. The second-order valence-electron chi connectivity index (χ2n) is 4.16. The molecular formula is C12H28O2Si. The molecule has 0 radical (unpaired) electrons. The third kappa shape index (κ3) is 3.05. The van der Waals surface area contributed by atoms with Crippen LogP contribution >= 0.6 is 0 Å². The molecule has 0 atom stereocenters. The Labute approximate surface area is 96.6 Å². The molecule has 0 heterocycles. The molecule has 0 aromatic carbocycles. The van der Waals surface area contributed by atoms with E-state index in [0.29, 0.717) is 11.1 Å². The van der Waals surface area contributed by atoms with Crippen LogP contribution in [0.25, 0.3) is 0 Å². The smallest absolute Gasteiger partial charge is 0.343 e. The van der Waals surface area contributed by atoms with Gasteiger partial charge in [-0.2, -0.15) is 0 Å². The number of hydrogen-bond donors (Lipinski definition) is 0. The molecule has 0 fully saturated rings. The van der Waals surface area contributed by atoms with E-state index in [1.807, 2.05) is 14.2 Å². The largest absolute Gasteiger partial charge is 0.397 e. The van der Waals surface area contributed by atoms with Gasteiger partial charge in [0.15, 0.2) is 0 Å². The molecule has 0 unspecified atom stereocenters. The van der Waals surface area contributed by atoms with E-state index < -0.39 is 8.56 Å². The van der Waals surface area contributed by atoms with Crippen molar-refractivity contribution in [3.8, 4) is 0 Å². The molecule has 15 heavy (non-hydrogen) atoms. The van der Waals surface area contributed by atoms with Gasteiger partial charge in [0.2, 0.25) is 0 Å². The summed E-state index contributed by atoms with van der Waals surface area (Å²) in [6.07, 6.45) is 4.67. The van der Waals surface area contributed by atoms with Gasteiger partial charge < -0.3 is 8.85 Å². The van der Waals surface area contributed by atoms with Crippen LogP contribution in [0.5, 0.6) is 0 Å². The standard InChI is InChI=1S/C12H28O2Si/c1-7-11(8-2)15(13-5,14-6)12(9-3)10-4/h11-12H,7-10H2,1-6H3. The van der Waals surface area contributed by atoms with Gasteiger partial charge >= 0.3 is 8.56 Å². The minimum absolute atomic E-state index is 0.623. The topological polar surface area (TPSA) is 18.5 Å². The lowest BCUT2D eigenvalue weighted by atomic mass is 10.2. The molecule has 0 amide bonds. The van der Waals surface area contributed by atoms with Gasteiger partial charge in [0.1, 0.15) is 0 Å². The molecule has 2 nitrogen and oxygen atoms in total. The highest BCUT2D eigenvalue weighted by molar-refractivity contribution is 6.70. The van der Waals surface area contributed by atoms with E-state index in [0.717, 1.165) is 0 Å². The van der Waals surface area contributed by atoms with E-state index >= 15 is 0 Å². The lowest BCUT2D eigenvalue weighted by Gasteiger charge is -2.39. The van der Waals surface area contributed by atoms with Crippen molar-refractivity contribution in [3.63, 3.8) is 0 Å². The summed E-state index contributed by atoms with van der Waals surface area (Å²) in [5.41, 5.74) is 1.25. The fourth-order valence-electron chi connectivity index (χ4n) is 2.80. The summed E-state index contributed by atoms with van der Waals surface area (Å²) in [6, 6.07) is 0. The quantitative estimate of drug-likeness (QED) is 0.587. The van der Waals surface area contributed by atoms with E-state index in [2.05, 4.69) is 27.7 Å². The second kappa shape index (κ2) is 7.42. The predicted molar refractivity (Wildman–Crippen MR) is 68.4 cm³/mol. The molecule has 0 aromatic rings. The maximum atomic E-state index is 5.89. The second-order valence-corrected chi connectivity index (χ2v) is 8.05. The van der Waals surface area contributed by atoms with Crippen LogP contribution in [-0.4, -0.2) is 22.8 Å². The van der Waals surface area contributed by atoms with Gasteiger partial charge in [-0.15, -0.1) is 0 Å². The summed E-state index contributed by atoms with van der Waals surface area (Å²) in [5, 5.41) is 0. The van der Waals surface area contributed by atoms with Gasteiger partial charge in [-0.1, -0.05) is 53.4 Å². The fourth-order valence-corrected chi connectivity index (χ4v) is 7.24. The first-order valence-corrected chi connectivity index (χ1v) is 8.23. The first-order chi connectivity index (χ1) is 7.16. The minimum Gasteiger partial charge on any atom is -0.397 e. The average molecular weight is 232 g/mol. The van der Waals surface area contributed by atoms with Crippen LogP contribution in [0, 0.1) is 0 Å². The summed E-state index contributed by atoms with van der Waals surface area (Å²) in [6.45, 7) is 8.99. The molecule has 0 N–H and O–H groups in total. The molecule has 0 rings (SSSR count). The zero-order chi connectivity index (χ0) is 11.9. The maximum absolute atomic E-state index is 5.89. The van der Waals surface area contributed by atoms with Gasteiger partial charge in [-0.25, -0.2) is 0 Å². The number of rotatable bonds is 8. The van der Waals surface area contributed by atoms with Crippen molar-refractivity contribution in [2.24, 2.45) is 0 Å². The van der Waals surface area contributed by atoms with Crippen LogP contribution < -0.4 is 0 Å². The van der Waals surface area contributed by atoms with Crippen molar-refractivity contribution in [2.75, 3.05) is 14.2 Å². The van der Waals surface area contributed by atoms with Crippen LogP contribution in [0.3, 0.4) is 0 Å². The van der Waals surface area contributed by atoms with E-state index in [1.54, 1.807) is 0 Å². The zero-order valence-electron chi connectivity index (χ0n) is 11.3. The summed E-state index contributed by atoms with van der Waals surface area (Å²) in [7, 11) is 1.68. The van der Waals surface area contributed by atoms with Crippen LogP contribution in [0.1, 0.15) is 53.4 Å². The van der Waals surface area contributed by atoms with Gasteiger partial charge in [0.05, 0.1) is 0 Å². The molecule has 92 valence electrons. The molecule has 0 aliphatic carbocycles. The predicted octanol–water partition coefficient (Wildman–Crippen LogP) is 4.10. The van der Waals surface area contributed by atoms with Gasteiger partial charge in [0.25, 0.3) is 0 Å². The Bertz CT molecular complexity index is 136. The van der Waals surface area contributed by atoms with E-state index in [9.17, 15) is 0 Å². The number of hydrogen-bond acceptors (Lipinski definition) is 2. The summed E-state index contributed by atoms with van der Waals surface area (Å²) in [5.74, 6) is 0. The first kappa shape index (κ1) is 15.1. The molecule has 0 aromatic heterocycles. The molecular weight excluding hydrogens is 204 g/mol. The third-order valence-corrected chi connectivity index (χ3v) is 8.93. The van der Waals surface area contributed by atoms with E-state index in [4.69, 9.17) is 8.85 Å². The van der Waals surface area contributed by atoms with Crippen molar-refractivity contribution >= 4 is 8.56 Å². The Hall–Kier alpha value is 0.137. The Morgan fingerprint density at radius 3 is 1.13 bits per heavy atom. The molecule has 0 saturated heterocycles. The van der Waals surface area contributed by atoms with E-state index in [-0.39, 0.29) is 0 Å². The van der Waals surface area contributed by atoms with Crippen LogP contribution in [0.2, 0.25) is 11.1 Å². The molecule has 0 aliphatic rings. The van der Waals surface area contributed by atoms with Crippen molar-refractivity contribution in [2.45, 2.75) is 64.5 Å². The highest BCUT2D eigenvalue weighted by Gasteiger charge is 2.48. The molecule has 0 spiro atoms. The lowest BCUT2D eigenvalue weighted by molar-refractivity contribution is 0.209. The van der Waals surface area contributed by atoms with Crippen LogP contribution in [-0.2, 0) is 8.85 Å². The average Bonchev–Trinajstić information content (AvgIpc) is 2.29. The summed E-state index contributed by atoms with van der Waals surface area (Å²) >= 11 is 0. The van der Waals surface area contributed by atoms with Crippen molar-refractivity contribution in [3.05, 3.63) is 0 Å². The Morgan fingerprint density at radius 1 is 0.733 bits per heavy atom. The zero-order valence-corrected chi connectivity index (χ0v) is 12.3. The SMILES string of the molecule is CCC(CC)[Si](OC)(OC)C(CC)CC. The highest BCUT2D eigenvalue weighted by Crippen LogP contribution is 2.41. The molecule has 0 bridgehead atoms. The Kier molecular flexibility index (Phi) is 7.48. The maximum Gasteiger partial charge on any atom is 0.343 e. The Morgan fingerprint density at radius 2 is 1.00 bits per heavy atom. The first-order valence-electron chi connectivity index (χ1n) is 6.26. The molecule has 0 aliphatic heterocycles. The van der Waals surface area contributed by atoms with Crippen LogP contribution in [0.15, 0.2) is 0 Å².